The first-order valence-corrected chi connectivity index (χ1v) is 10.2. The fraction of sp³-hybridized carbons (Fsp3) is 0.524. The lowest BCUT2D eigenvalue weighted by atomic mass is 9.93. The average molecular weight is 434 g/mol. The van der Waals surface area contributed by atoms with E-state index in [1.807, 2.05) is 24.3 Å². The van der Waals surface area contributed by atoms with Crippen molar-refractivity contribution in [2.75, 3.05) is 6.54 Å². The highest BCUT2D eigenvalue weighted by atomic mass is 16.6. The molecular weight excluding hydrogens is 402 g/mol. The Bertz CT molecular complexity index is 836. The van der Waals surface area contributed by atoms with Crippen LogP contribution in [0, 0.1) is 5.41 Å². The van der Waals surface area contributed by atoms with Gasteiger partial charge < -0.3 is 31.1 Å². The van der Waals surface area contributed by atoms with Gasteiger partial charge in [-0.05, 0) is 44.7 Å². The van der Waals surface area contributed by atoms with E-state index in [2.05, 4.69) is 10.6 Å². The van der Waals surface area contributed by atoms with Crippen molar-refractivity contribution in [1.29, 1.82) is 5.41 Å². The highest BCUT2D eigenvalue weighted by Crippen LogP contribution is 2.25. The van der Waals surface area contributed by atoms with Gasteiger partial charge in [0.05, 0.1) is 0 Å². The Hall–Kier alpha value is -3.30. The molecule has 0 radical (unpaired) electrons. The minimum Gasteiger partial charge on any atom is -0.480 e. The summed E-state index contributed by atoms with van der Waals surface area (Å²) in [4.78, 5) is 38.9. The molecular formula is C21H31N5O5. The summed E-state index contributed by atoms with van der Waals surface area (Å²) in [5.74, 6) is -1.78. The number of guanidine groups is 1. The molecule has 0 aromatic heterocycles. The molecule has 0 saturated carbocycles. The predicted octanol–water partition coefficient (Wildman–Crippen LogP) is 1.18. The predicted molar refractivity (Wildman–Crippen MR) is 114 cm³/mol. The van der Waals surface area contributed by atoms with Crippen LogP contribution in [0.25, 0.3) is 0 Å². The van der Waals surface area contributed by atoms with Crippen LogP contribution in [0.15, 0.2) is 24.3 Å². The van der Waals surface area contributed by atoms with Crippen molar-refractivity contribution in [3.05, 3.63) is 35.4 Å². The number of rotatable bonds is 7. The van der Waals surface area contributed by atoms with Gasteiger partial charge in [0.25, 0.3) is 0 Å². The molecule has 1 aliphatic heterocycles. The Kier molecular flexibility index (Phi) is 7.84. The van der Waals surface area contributed by atoms with Gasteiger partial charge in [0.15, 0.2) is 5.96 Å². The number of hydrogen-bond acceptors (Lipinski definition) is 5. The third-order valence-electron chi connectivity index (χ3n) is 4.79. The summed E-state index contributed by atoms with van der Waals surface area (Å²) in [6.07, 6.45) is 0.0914. The molecule has 0 bridgehead atoms. The van der Waals surface area contributed by atoms with Crippen LogP contribution >= 0.6 is 0 Å². The molecule has 6 N–H and O–H groups in total. The Balaban J connectivity index is 2.21. The van der Waals surface area contributed by atoms with Crippen molar-refractivity contribution < 1.29 is 24.2 Å². The maximum absolute atomic E-state index is 13.4. The molecule has 0 spiro atoms. The summed E-state index contributed by atoms with van der Waals surface area (Å²) in [6, 6.07) is 5.39. The first-order valence-electron chi connectivity index (χ1n) is 10.2. The number of nitrogens with zero attached hydrogens (tertiary/aromatic N) is 1. The van der Waals surface area contributed by atoms with E-state index in [-0.39, 0.29) is 25.3 Å². The molecule has 2 rings (SSSR count). The van der Waals surface area contributed by atoms with Crippen molar-refractivity contribution in [2.24, 2.45) is 5.73 Å². The molecule has 1 aromatic rings. The first-order chi connectivity index (χ1) is 14.5. The van der Waals surface area contributed by atoms with E-state index in [1.54, 1.807) is 20.8 Å². The number of carboxylic acids is 1. The number of fused-ring (bicyclic) bond motifs is 1. The van der Waals surface area contributed by atoms with E-state index < -0.39 is 35.7 Å². The number of alkyl carbamates (subject to hydrolysis) is 1. The molecule has 10 heteroatoms. The molecule has 2 atom stereocenters. The largest absolute Gasteiger partial charge is 0.480 e. The monoisotopic (exact) mass is 433 g/mol. The molecule has 1 unspecified atom stereocenters. The maximum Gasteiger partial charge on any atom is 0.408 e. The zero-order valence-electron chi connectivity index (χ0n) is 18.1. The van der Waals surface area contributed by atoms with E-state index >= 15 is 0 Å². The Labute approximate surface area is 181 Å². The zero-order chi connectivity index (χ0) is 23.2. The number of benzene rings is 1. The van der Waals surface area contributed by atoms with E-state index in [4.69, 9.17) is 15.9 Å². The minimum absolute atomic E-state index is 0.143. The summed E-state index contributed by atoms with van der Waals surface area (Å²) in [6.45, 7) is 5.61. The van der Waals surface area contributed by atoms with Gasteiger partial charge in [0, 0.05) is 19.5 Å². The van der Waals surface area contributed by atoms with E-state index in [0.29, 0.717) is 13.0 Å². The second-order valence-electron chi connectivity index (χ2n) is 8.47. The van der Waals surface area contributed by atoms with Crippen molar-refractivity contribution in [1.82, 2.24) is 15.5 Å². The lowest BCUT2D eigenvalue weighted by molar-refractivity contribution is -0.152. The first kappa shape index (κ1) is 24.0. The minimum atomic E-state index is -1.10. The second kappa shape index (κ2) is 10.1. The summed E-state index contributed by atoms with van der Waals surface area (Å²) in [5, 5.41) is 22.2. The van der Waals surface area contributed by atoms with Crippen LogP contribution in [-0.4, -0.2) is 58.2 Å². The molecule has 0 aliphatic carbocycles. The van der Waals surface area contributed by atoms with Gasteiger partial charge in [0.1, 0.15) is 17.7 Å². The van der Waals surface area contributed by atoms with Crippen molar-refractivity contribution in [3.63, 3.8) is 0 Å². The van der Waals surface area contributed by atoms with Crippen molar-refractivity contribution in [3.8, 4) is 0 Å². The molecule has 31 heavy (non-hydrogen) atoms. The molecule has 1 aliphatic rings. The van der Waals surface area contributed by atoms with Crippen LogP contribution in [0.3, 0.4) is 0 Å². The molecule has 170 valence electrons. The second-order valence-corrected chi connectivity index (χ2v) is 8.47. The quantitative estimate of drug-likeness (QED) is 0.245. The van der Waals surface area contributed by atoms with Crippen LogP contribution in [-0.2, 0) is 27.3 Å². The van der Waals surface area contributed by atoms with Gasteiger partial charge in [-0.2, -0.15) is 0 Å². The van der Waals surface area contributed by atoms with Crippen molar-refractivity contribution >= 4 is 23.9 Å². The van der Waals surface area contributed by atoms with Crippen LogP contribution in [0.5, 0.6) is 0 Å². The maximum atomic E-state index is 13.4. The summed E-state index contributed by atoms with van der Waals surface area (Å²) in [5.41, 5.74) is 6.29. The van der Waals surface area contributed by atoms with Crippen molar-refractivity contribution in [2.45, 2.75) is 64.3 Å². The summed E-state index contributed by atoms with van der Waals surface area (Å²) in [7, 11) is 0. The van der Waals surface area contributed by atoms with Crippen LogP contribution in [0.2, 0.25) is 0 Å². The zero-order valence-corrected chi connectivity index (χ0v) is 18.1. The van der Waals surface area contributed by atoms with E-state index in [9.17, 15) is 19.5 Å². The Morgan fingerprint density at radius 2 is 1.94 bits per heavy atom. The number of nitrogens with one attached hydrogen (secondary N) is 3. The fourth-order valence-electron chi connectivity index (χ4n) is 3.41. The molecule has 10 nitrogen and oxygen atoms in total. The standard InChI is InChI=1S/C21H31N5O5/c1-21(2,3)31-20(30)25-15(9-6-10-24-19(22)23)17(27)26-12-14-8-5-4-7-13(14)11-16(26)18(28)29/h4-5,7-8,15-16H,6,9-12H2,1-3H3,(H,25,30)(H,28,29)(H4,22,23,24)/t15?,16-/m0/s1. The highest BCUT2D eigenvalue weighted by Gasteiger charge is 2.38. The van der Waals surface area contributed by atoms with Gasteiger partial charge in [0.2, 0.25) is 5.91 Å². The number of aliphatic carboxylic acids is 1. The fourth-order valence-corrected chi connectivity index (χ4v) is 3.41. The number of amides is 2. The SMILES string of the molecule is CC(C)(C)OC(=O)NC(CCCNC(=N)N)C(=O)N1Cc2ccccc2C[C@H]1C(=O)O. The van der Waals surface area contributed by atoms with Gasteiger partial charge >= 0.3 is 12.1 Å². The summed E-state index contributed by atoms with van der Waals surface area (Å²) < 4.78 is 5.27. The van der Waals surface area contributed by atoms with Gasteiger partial charge in [-0.3, -0.25) is 10.2 Å². The molecule has 0 saturated heterocycles. The van der Waals surface area contributed by atoms with E-state index in [1.165, 1.54) is 4.90 Å². The number of ether oxygens (including phenoxy) is 1. The third kappa shape index (κ3) is 7.16. The number of nitrogens with two attached hydrogens (primary N) is 1. The average Bonchev–Trinajstić information content (AvgIpc) is 2.67. The van der Waals surface area contributed by atoms with Crippen LogP contribution < -0.4 is 16.4 Å². The topological polar surface area (TPSA) is 158 Å². The molecule has 1 heterocycles. The lowest BCUT2D eigenvalue weighted by Gasteiger charge is -2.37. The normalized spacial score (nSPS) is 16.6. The van der Waals surface area contributed by atoms with Crippen LogP contribution in [0.1, 0.15) is 44.7 Å². The number of carbonyl (C=O) groups excluding carboxylic acids is 2. The molecule has 2 amide bonds. The van der Waals surface area contributed by atoms with E-state index in [0.717, 1.165) is 11.1 Å². The van der Waals surface area contributed by atoms with Gasteiger partial charge in [-0.1, -0.05) is 24.3 Å². The van der Waals surface area contributed by atoms with Crippen LogP contribution in [0.4, 0.5) is 4.79 Å². The highest BCUT2D eigenvalue weighted by molar-refractivity contribution is 5.90. The number of carboxylic acid groups (broad SMARTS) is 1. The Morgan fingerprint density at radius 3 is 2.52 bits per heavy atom. The Morgan fingerprint density at radius 1 is 1.29 bits per heavy atom. The lowest BCUT2D eigenvalue weighted by Crippen LogP contribution is -2.56. The van der Waals surface area contributed by atoms with Gasteiger partial charge in [-0.25, -0.2) is 9.59 Å². The third-order valence-corrected chi connectivity index (χ3v) is 4.79. The molecule has 1 aromatic carbocycles. The smallest absolute Gasteiger partial charge is 0.408 e. The number of hydrogen-bond donors (Lipinski definition) is 5. The molecule has 0 fully saturated rings. The number of carbonyl (C=O) groups is 3. The van der Waals surface area contributed by atoms with Gasteiger partial charge in [-0.15, -0.1) is 0 Å². The summed E-state index contributed by atoms with van der Waals surface area (Å²) >= 11 is 0.